The lowest BCUT2D eigenvalue weighted by molar-refractivity contribution is -0.297. The Balaban J connectivity index is 2.60. The molecule has 0 aromatic carbocycles. The summed E-state index contributed by atoms with van der Waals surface area (Å²) in [6.45, 7) is -2.14. The van der Waals surface area contributed by atoms with Crippen LogP contribution in [-0.2, 0) is 9.47 Å². The van der Waals surface area contributed by atoms with Crippen LogP contribution in [0, 0.1) is 0 Å². The van der Waals surface area contributed by atoms with Crippen molar-refractivity contribution >= 4 is 0 Å². The van der Waals surface area contributed by atoms with Gasteiger partial charge in [-0.2, -0.15) is 0 Å². The van der Waals surface area contributed by atoms with Gasteiger partial charge in [-0.3, -0.25) is 0 Å². The van der Waals surface area contributed by atoms with Crippen molar-refractivity contribution in [3.8, 4) is 0 Å². The molecule has 23 heavy (non-hydrogen) atoms. The molecular formula is C12H24O11. The van der Waals surface area contributed by atoms with Crippen molar-refractivity contribution in [2.24, 2.45) is 0 Å². The SMILES string of the molecule is OC[C@@H](O)[C@@H](O)[C@H](O)[C@H](O)CO[C@@H]1[C@@H](O)[C@H](O)[C@@H](O)O[C@H]1CO. The Labute approximate surface area is 131 Å². The monoisotopic (exact) mass is 344 g/mol. The minimum atomic E-state index is -1.86. The molecule has 11 heteroatoms. The second-order valence-corrected chi connectivity index (χ2v) is 5.33. The van der Waals surface area contributed by atoms with Crippen LogP contribution in [0.2, 0.25) is 0 Å². The van der Waals surface area contributed by atoms with E-state index in [1.165, 1.54) is 0 Å². The summed E-state index contributed by atoms with van der Waals surface area (Å²) in [7, 11) is 0. The first-order valence-corrected chi connectivity index (χ1v) is 6.99. The van der Waals surface area contributed by atoms with Crippen LogP contribution in [0.25, 0.3) is 0 Å². The smallest absolute Gasteiger partial charge is 0.184 e. The second-order valence-electron chi connectivity index (χ2n) is 5.33. The molecular weight excluding hydrogens is 320 g/mol. The van der Waals surface area contributed by atoms with Crippen molar-refractivity contribution in [2.75, 3.05) is 19.8 Å². The molecule has 0 aliphatic carbocycles. The molecule has 1 aliphatic rings. The molecule has 11 nitrogen and oxygen atoms in total. The number of ether oxygens (including phenoxy) is 2. The Hall–Kier alpha value is -0.440. The normalized spacial score (nSPS) is 37.2. The number of hydrogen-bond acceptors (Lipinski definition) is 11. The van der Waals surface area contributed by atoms with Gasteiger partial charge in [0.05, 0.1) is 19.8 Å². The van der Waals surface area contributed by atoms with Crippen LogP contribution >= 0.6 is 0 Å². The van der Waals surface area contributed by atoms with Gasteiger partial charge in [-0.1, -0.05) is 0 Å². The minimum absolute atomic E-state index is 0.652. The highest BCUT2D eigenvalue weighted by Crippen LogP contribution is 2.22. The Morgan fingerprint density at radius 1 is 0.870 bits per heavy atom. The third kappa shape index (κ3) is 5.01. The molecule has 138 valence electrons. The molecule has 0 saturated carbocycles. The van der Waals surface area contributed by atoms with Gasteiger partial charge < -0.3 is 55.4 Å². The first-order chi connectivity index (χ1) is 10.7. The zero-order chi connectivity index (χ0) is 17.7. The summed E-state index contributed by atoms with van der Waals surface area (Å²) in [6, 6.07) is 0. The molecule has 0 radical (unpaired) electrons. The zero-order valence-electron chi connectivity index (χ0n) is 12.2. The first-order valence-electron chi connectivity index (χ1n) is 6.99. The van der Waals surface area contributed by atoms with Crippen molar-refractivity contribution in [1.29, 1.82) is 0 Å². The lowest BCUT2D eigenvalue weighted by Gasteiger charge is -2.40. The molecule has 1 fully saturated rings. The van der Waals surface area contributed by atoms with Crippen LogP contribution in [0.5, 0.6) is 0 Å². The van der Waals surface area contributed by atoms with Crippen LogP contribution in [0.1, 0.15) is 0 Å². The van der Waals surface area contributed by atoms with E-state index in [-0.39, 0.29) is 0 Å². The minimum Gasteiger partial charge on any atom is -0.394 e. The van der Waals surface area contributed by atoms with E-state index < -0.39 is 74.9 Å². The maximum absolute atomic E-state index is 9.80. The highest BCUT2D eigenvalue weighted by atomic mass is 16.7. The molecule has 0 spiro atoms. The predicted molar refractivity (Wildman–Crippen MR) is 70.8 cm³/mol. The number of hydrogen-bond donors (Lipinski definition) is 9. The highest BCUT2D eigenvalue weighted by Gasteiger charge is 2.45. The van der Waals surface area contributed by atoms with Gasteiger partial charge in [0.2, 0.25) is 0 Å². The molecule has 0 aromatic heterocycles. The Morgan fingerprint density at radius 2 is 1.43 bits per heavy atom. The summed E-state index contributed by atoms with van der Waals surface area (Å²) in [5, 5.41) is 84.4. The van der Waals surface area contributed by atoms with Crippen molar-refractivity contribution in [1.82, 2.24) is 0 Å². The fourth-order valence-corrected chi connectivity index (χ4v) is 2.14. The van der Waals surface area contributed by atoms with Gasteiger partial charge >= 0.3 is 0 Å². The average molecular weight is 344 g/mol. The summed E-state index contributed by atoms with van der Waals surface area (Å²) in [5.41, 5.74) is 0. The fraction of sp³-hybridized carbons (Fsp3) is 1.00. The quantitative estimate of drug-likeness (QED) is 0.203. The van der Waals surface area contributed by atoms with Crippen LogP contribution in [0.3, 0.4) is 0 Å². The molecule has 0 unspecified atom stereocenters. The molecule has 1 aliphatic heterocycles. The lowest BCUT2D eigenvalue weighted by atomic mass is 9.98. The molecule has 1 saturated heterocycles. The van der Waals surface area contributed by atoms with Gasteiger partial charge in [0, 0.05) is 0 Å². The van der Waals surface area contributed by atoms with Crippen LogP contribution in [0.4, 0.5) is 0 Å². The van der Waals surface area contributed by atoms with Crippen LogP contribution < -0.4 is 0 Å². The summed E-state index contributed by atoms with van der Waals surface area (Å²) in [4.78, 5) is 0. The summed E-state index contributed by atoms with van der Waals surface area (Å²) >= 11 is 0. The number of aliphatic hydroxyl groups is 9. The van der Waals surface area contributed by atoms with Crippen molar-refractivity contribution in [2.45, 2.75) is 55.1 Å². The number of aliphatic hydroxyl groups excluding tert-OH is 9. The van der Waals surface area contributed by atoms with Crippen molar-refractivity contribution in [3.63, 3.8) is 0 Å². The van der Waals surface area contributed by atoms with Gasteiger partial charge in [0.15, 0.2) is 6.29 Å². The maximum atomic E-state index is 9.80. The number of rotatable bonds is 8. The fourth-order valence-electron chi connectivity index (χ4n) is 2.14. The van der Waals surface area contributed by atoms with Gasteiger partial charge in [-0.25, -0.2) is 0 Å². The van der Waals surface area contributed by atoms with E-state index >= 15 is 0 Å². The van der Waals surface area contributed by atoms with E-state index in [1.807, 2.05) is 0 Å². The second kappa shape index (κ2) is 9.15. The molecule has 0 amide bonds. The molecule has 1 rings (SSSR count). The van der Waals surface area contributed by atoms with Gasteiger partial charge in [-0.05, 0) is 0 Å². The molecule has 9 N–H and O–H groups in total. The predicted octanol–water partition coefficient (Wildman–Crippen LogP) is -5.76. The summed E-state index contributed by atoms with van der Waals surface area (Å²) in [6.07, 6.45) is -14.7. The van der Waals surface area contributed by atoms with E-state index in [0.717, 1.165) is 0 Å². The summed E-state index contributed by atoms with van der Waals surface area (Å²) < 4.78 is 9.92. The largest absolute Gasteiger partial charge is 0.394 e. The molecule has 0 bridgehead atoms. The van der Waals surface area contributed by atoms with E-state index in [0.29, 0.717) is 0 Å². The van der Waals surface area contributed by atoms with E-state index in [4.69, 9.17) is 19.7 Å². The Kier molecular flexibility index (Phi) is 8.20. The van der Waals surface area contributed by atoms with Gasteiger partial charge in [0.25, 0.3) is 0 Å². The Morgan fingerprint density at radius 3 is 1.96 bits per heavy atom. The van der Waals surface area contributed by atoms with Crippen LogP contribution in [-0.4, -0.2) is 121 Å². The van der Waals surface area contributed by atoms with Crippen LogP contribution in [0.15, 0.2) is 0 Å². The lowest BCUT2D eigenvalue weighted by Crippen LogP contribution is -2.60. The average Bonchev–Trinajstić information content (AvgIpc) is 2.55. The molecule has 1 heterocycles. The van der Waals surface area contributed by atoms with E-state index in [1.54, 1.807) is 0 Å². The Bertz CT molecular complexity index is 341. The van der Waals surface area contributed by atoms with E-state index in [2.05, 4.69) is 0 Å². The summed E-state index contributed by atoms with van der Waals surface area (Å²) in [5.74, 6) is 0. The third-order valence-corrected chi connectivity index (χ3v) is 3.62. The topological polar surface area (TPSA) is 201 Å². The first kappa shape index (κ1) is 20.6. The van der Waals surface area contributed by atoms with Crippen molar-refractivity contribution in [3.05, 3.63) is 0 Å². The van der Waals surface area contributed by atoms with Gasteiger partial charge in [-0.15, -0.1) is 0 Å². The van der Waals surface area contributed by atoms with Crippen molar-refractivity contribution < 1.29 is 55.4 Å². The maximum Gasteiger partial charge on any atom is 0.184 e. The van der Waals surface area contributed by atoms with Gasteiger partial charge in [0.1, 0.15) is 48.8 Å². The van der Waals surface area contributed by atoms with E-state index in [9.17, 15) is 35.7 Å². The molecule has 0 aromatic rings. The third-order valence-electron chi connectivity index (χ3n) is 3.62. The standard InChI is InChI=1S/C12H24O11/c13-1-4(15)7(17)8(18)5(16)3-22-11-6(2-14)23-12(21)10(20)9(11)19/h4-21H,1-3H2/t4-,5-,6+,7-,8-,9+,10+,11+,12+/m1/s1. The highest BCUT2D eigenvalue weighted by molar-refractivity contribution is 4.90. The zero-order valence-corrected chi connectivity index (χ0v) is 12.2. The molecule has 9 atom stereocenters.